The van der Waals surface area contributed by atoms with Gasteiger partial charge in [-0.15, -0.1) is 6.42 Å². The second-order valence-corrected chi connectivity index (χ2v) is 10.2. The first kappa shape index (κ1) is 21.8. The monoisotopic (exact) mass is 481 g/mol. The van der Waals surface area contributed by atoms with E-state index in [0.717, 1.165) is 12.8 Å². The van der Waals surface area contributed by atoms with Gasteiger partial charge in [-0.05, 0) is 43.4 Å². The van der Waals surface area contributed by atoms with Crippen LogP contribution in [0.1, 0.15) is 43.0 Å². The number of terminal acetylenes is 1. The summed E-state index contributed by atoms with van der Waals surface area (Å²) in [5, 5.41) is 0. The lowest BCUT2D eigenvalue weighted by molar-refractivity contribution is -0.134. The van der Waals surface area contributed by atoms with Crippen molar-refractivity contribution in [2.45, 2.75) is 49.6 Å². The van der Waals surface area contributed by atoms with Crippen molar-refractivity contribution in [3.63, 3.8) is 0 Å². The maximum atomic E-state index is 13.7. The molecule has 2 fully saturated rings. The van der Waals surface area contributed by atoms with Crippen molar-refractivity contribution in [1.82, 2.24) is 9.21 Å². The van der Waals surface area contributed by atoms with E-state index in [9.17, 15) is 18.0 Å². The SMILES string of the molecule is C#CCN1C[C@H](CC)C2CCCC(C1=O)N2S(=O)(=O)c1cc(Br)cc(C(N)=O)c1. The Morgan fingerprint density at radius 2 is 2.07 bits per heavy atom. The Kier molecular flexibility index (Phi) is 6.36. The van der Waals surface area contributed by atoms with Gasteiger partial charge in [0.25, 0.3) is 0 Å². The quantitative estimate of drug-likeness (QED) is 0.649. The van der Waals surface area contributed by atoms with Gasteiger partial charge in [0, 0.05) is 22.6 Å². The fourth-order valence-electron chi connectivity index (χ4n) is 4.36. The van der Waals surface area contributed by atoms with Crippen LogP contribution in [0.25, 0.3) is 0 Å². The number of carbonyl (C=O) groups excluding carboxylic acids is 2. The van der Waals surface area contributed by atoms with Gasteiger partial charge in [0.1, 0.15) is 6.04 Å². The van der Waals surface area contributed by atoms with Gasteiger partial charge < -0.3 is 10.6 Å². The highest BCUT2D eigenvalue weighted by Gasteiger charge is 2.49. The zero-order valence-electron chi connectivity index (χ0n) is 16.2. The van der Waals surface area contributed by atoms with Crippen LogP contribution in [0, 0.1) is 18.3 Å². The molecule has 3 atom stereocenters. The number of rotatable bonds is 5. The number of nitrogens with two attached hydrogens (primary N) is 1. The molecule has 2 aliphatic rings. The molecule has 2 heterocycles. The molecule has 1 aromatic rings. The summed E-state index contributed by atoms with van der Waals surface area (Å²) >= 11 is 3.25. The van der Waals surface area contributed by atoms with Crippen LogP contribution < -0.4 is 5.73 Å². The van der Waals surface area contributed by atoms with Gasteiger partial charge in [0.15, 0.2) is 0 Å². The minimum absolute atomic E-state index is 0.0184. The molecule has 2 aliphatic heterocycles. The third kappa shape index (κ3) is 4.06. The molecule has 9 heteroatoms. The van der Waals surface area contributed by atoms with E-state index in [4.69, 9.17) is 12.2 Å². The molecule has 0 radical (unpaired) electrons. The smallest absolute Gasteiger partial charge is 0.248 e. The molecule has 1 aromatic carbocycles. The first-order valence-corrected chi connectivity index (χ1v) is 11.8. The summed E-state index contributed by atoms with van der Waals surface area (Å²) in [6.45, 7) is 2.60. The molecule has 29 heavy (non-hydrogen) atoms. The van der Waals surface area contributed by atoms with Crippen LogP contribution in [0.3, 0.4) is 0 Å². The third-order valence-corrected chi connectivity index (χ3v) is 8.11. The standard InChI is InChI=1S/C20H24BrN3O4S/c1-3-8-23-12-13(4-2)17-6-5-7-18(20(23)26)24(17)29(27,28)16-10-14(19(22)25)9-15(21)11-16/h1,9-11,13,17-18H,4-8,12H2,2H3,(H2,22,25)/t13-,17?,18?/m0/s1. The number of nitrogens with zero attached hydrogens (tertiary/aromatic N) is 2. The fourth-order valence-corrected chi connectivity index (χ4v) is 6.97. The van der Waals surface area contributed by atoms with Gasteiger partial charge in [0.05, 0.1) is 11.4 Å². The predicted octanol–water partition coefficient (Wildman–Crippen LogP) is 1.96. The highest BCUT2D eigenvalue weighted by atomic mass is 79.9. The largest absolute Gasteiger partial charge is 0.366 e. The normalized spacial score (nSPS) is 25.3. The first-order chi connectivity index (χ1) is 13.7. The summed E-state index contributed by atoms with van der Waals surface area (Å²) in [4.78, 5) is 26.4. The van der Waals surface area contributed by atoms with E-state index in [1.165, 1.54) is 22.5 Å². The maximum absolute atomic E-state index is 13.7. The number of halogens is 1. The minimum Gasteiger partial charge on any atom is -0.366 e. The zero-order chi connectivity index (χ0) is 21.3. The van der Waals surface area contributed by atoms with Crippen molar-refractivity contribution in [2.24, 2.45) is 11.7 Å². The Labute approximate surface area is 179 Å². The van der Waals surface area contributed by atoms with E-state index in [2.05, 4.69) is 21.9 Å². The first-order valence-electron chi connectivity index (χ1n) is 9.56. The Morgan fingerprint density at radius 3 is 2.69 bits per heavy atom. The number of hydrogen-bond donors (Lipinski definition) is 1. The maximum Gasteiger partial charge on any atom is 0.248 e. The molecule has 2 bridgehead atoms. The highest BCUT2D eigenvalue weighted by Crippen LogP contribution is 2.38. The van der Waals surface area contributed by atoms with Crippen molar-refractivity contribution in [1.29, 1.82) is 0 Å². The van der Waals surface area contributed by atoms with Crippen molar-refractivity contribution in [3.05, 3.63) is 28.2 Å². The van der Waals surface area contributed by atoms with Crippen LogP contribution in [-0.2, 0) is 14.8 Å². The van der Waals surface area contributed by atoms with Crippen LogP contribution in [0.5, 0.6) is 0 Å². The minimum atomic E-state index is -4.04. The lowest BCUT2D eigenvalue weighted by Gasteiger charge is -2.40. The zero-order valence-corrected chi connectivity index (χ0v) is 18.6. The van der Waals surface area contributed by atoms with Gasteiger partial charge in [-0.1, -0.05) is 35.2 Å². The molecule has 2 saturated heterocycles. The summed E-state index contributed by atoms with van der Waals surface area (Å²) in [5.74, 6) is 1.52. The van der Waals surface area contributed by atoms with E-state index in [1.807, 2.05) is 6.92 Å². The summed E-state index contributed by atoms with van der Waals surface area (Å²) in [7, 11) is -4.04. The Balaban J connectivity index is 2.13. The topological polar surface area (TPSA) is 101 Å². The molecule has 0 aliphatic carbocycles. The van der Waals surface area contributed by atoms with Crippen LogP contribution in [0.15, 0.2) is 27.6 Å². The Bertz CT molecular complexity index is 972. The Morgan fingerprint density at radius 1 is 1.34 bits per heavy atom. The summed E-state index contributed by atoms with van der Waals surface area (Å²) in [5.41, 5.74) is 5.45. The molecular weight excluding hydrogens is 458 g/mol. The van der Waals surface area contributed by atoms with Gasteiger partial charge >= 0.3 is 0 Å². The number of sulfonamides is 1. The van der Waals surface area contributed by atoms with Gasteiger partial charge in [-0.25, -0.2) is 8.42 Å². The molecule has 3 rings (SSSR count). The molecule has 7 nitrogen and oxygen atoms in total. The number of fused-ring (bicyclic) bond motifs is 2. The van der Waals surface area contributed by atoms with E-state index in [0.29, 0.717) is 23.9 Å². The molecular formula is C20H24BrN3O4S. The molecule has 0 spiro atoms. The van der Waals surface area contributed by atoms with Crippen molar-refractivity contribution >= 4 is 37.8 Å². The second-order valence-electron chi connectivity index (χ2n) is 7.48. The average Bonchev–Trinajstić information content (AvgIpc) is 2.75. The summed E-state index contributed by atoms with van der Waals surface area (Å²) in [6, 6.07) is 3.09. The molecule has 2 amide bonds. The van der Waals surface area contributed by atoms with E-state index >= 15 is 0 Å². The van der Waals surface area contributed by atoms with E-state index < -0.39 is 22.0 Å². The lowest BCUT2D eigenvalue weighted by atomic mass is 9.89. The summed E-state index contributed by atoms with van der Waals surface area (Å²) < 4.78 is 29.2. The number of hydrogen-bond acceptors (Lipinski definition) is 4. The number of carbonyl (C=O) groups is 2. The van der Waals surface area contributed by atoms with Crippen LogP contribution in [-0.4, -0.2) is 54.6 Å². The van der Waals surface area contributed by atoms with Gasteiger partial charge in [0.2, 0.25) is 21.8 Å². The predicted molar refractivity (Wildman–Crippen MR) is 112 cm³/mol. The van der Waals surface area contributed by atoms with E-state index in [-0.39, 0.29) is 34.9 Å². The highest BCUT2D eigenvalue weighted by molar-refractivity contribution is 9.10. The van der Waals surface area contributed by atoms with Gasteiger partial charge in [-0.3, -0.25) is 9.59 Å². The second kappa shape index (κ2) is 8.46. The number of piperidine rings is 1. The molecule has 0 saturated carbocycles. The fraction of sp³-hybridized carbons (Fsp3) is 0.500. The van der Waals surface area contributed by atoms with Crippen LogP contribution >= 0.6 is 15.9 Å². The summed E-state index contributed by atoms with van der Waals surface area (Å²) in [6.07, 6.45) is 8.08. The van der Waals surface area contributed by atoms with Crippen molar-refractivity contribution in [3.8, 4) is 12.3 Å². The van der Waals surface area contributed by atoms with E-state index in [1.54, 1.807) is 4.90 Å². The third-order valence-electron chi connectivity index (χ3n) is 5.75. The molecule has 2 unspecified atom stereocenters. The van der Waals surface area contributed by atoms with Crippen LogP contribution in [0.2, 0.25) is 0 Å². The van der Waals surface area contributed by atoms with Crippen molar-refractivity contribution in [2.75, 3.05) is 13.1 Å². The number of amides is 2. The molecule has 2 N–H and O–H groups in total. The lowest BCUT2D eigenvalue weighted by Crippen LogP contribution is -2.54. The van der Waals surface area contributed by atoms with Gasteiger partial charge in [-0.2, -0.15) is 4.31 Å². The molecule has 0 aromatic heterocycles. The van der Waals surface area contributed by atoms with Crippen molar-refractivity contribution < 1.29 is 18.0 Å². The number of benzene rings is 1. The van der Waals surface area contributed by atoms with Crippen LogP contribution in [0.4, 0.5) is 0 Å². The Hall–Kier alpha value is -1.89. The average molecular weight is 482 g/mol. The number of primary amides is 1. The molecule has 156 valence electrons.